The van der Waals surface area contributed by atoms with E-state index in [1.165, 1.54) is 0 Å². The van der Waals surface area contributed by atoms with Crippen molar-refractivity contribution in [2.24, 2.45) is 0 Å². The maximum absolute atomic E-state index is 12.1. The van der Waals surface area contributed by atoms with E-state index in [1.54, 1.807) is 4.90 Å². The Morgan fingerprint density at radius 2 is 1.77 bits per heavy atom. The molecule has 0 saturated carbocycles. The number of hydrogen-bond acceptors (Lipinski definition) is 5. The second kappa shape index (κ2) is 8.36. The molecule has 0 radical (unpaired) electrons. The summed E-state index contributed by atoms with van der Waals surface area (Å²) in [6.45, 7) is 12.5. The van der Waals surface area contributed by atoms with Gasteiger partial charge in [0.05, 0.1) is 6.61 Å². The normalized spacial score (nSPS) is 18.5. The van der Waals surface area contributed by atoms with Crippen LogP contribution in [-0.2, 0) is 14.3 Å². The van der Waals surface area contributed by atoms with Crippen LogP contribution >= 0.6 is 0 Å². The zero-order valence-corrected chi connectivity index (χ0v) is 14.6. The van der Waals surface area contributed by atoms with Crippen molar-refractivity contribution in [1.82, 2.24) is 9.80 Å². The molecule has 0 aromatic heterocycles. The summed E-state index contributed by atoms with van der Waals surface area (Å²) in [6, 6.07) is -0.224. The maximum Gasteiger partial charge on any atom is 0.410 e. The molecule has 0 bridgehead atoms. The lowest BCUT2D eigenvalue weighted by Crippen LogP contribution is -2.44. The molecule has 1 unspecified atom stereocenters. The van der Waals surface area contributed by atoms with E-state index < -0.39 is 5.60 Å². The number of hydrogen-bond donors (Lipinski definition) is 0. The maximum atomic E-state index is 12.1. The molecule has 0 aromatic carbocycles. The lowest BCUT2D eigenvalue weighted by atomic mass is 10.2. The fourth-order valence-electron chi connectivity index (χ4n) is 2.57. The van der Waals surface area contributed by atoms with Crippen LogP contribution in [-0.4, -0.2) is 66.3 Å². The molecule has 1 fully saturated rings. The zero-order valence-electron chi connectivity index (χ0n) is 14.6. The average Bonchev–Trinajstić information content (AvgIpc) is 2.64. The smallest absolute Gasteiger partial charge is 0.410 e. The molecule has 6 heteroatoms. The molecule has 22 heavy (non-hydrogen) atoms. The predicted molar refractivity (Wildman–Crippen MR) is 84.7 cm³/mol. The fourth-order valence-corrected chi connectivity index (χ4v) is 2.57. The van der Waals surface area contributed by atoms with Gasteiger partial charge in [0.1, 0.15) is 11.6 Å². The summed E-state index contributed by atoms with van der Waals surface area (Å²) in [5, 5.41) is 0. The van der Waals surface area contributed by atoms with Gasteiger partial charge in [-0.05, 0) is 40.5 Å². The van der Waals surface area contributed by atoms with Crippen LogP contribution in [0.1, 0.15) is 47.5 Å². The highest BCUT2D eigenvalue weighted by molar-refractivity contribution is 5.75. The molecular formula is C16H30N2O4. The monoisotopic (exact) mass is 314 g/mol. The molecule has 1 atom stereocenters. The molecule has 128 valence electrons. The second-order valence-electron chi connectivity index (χ2n) is 6.53. The predicted octanol–water partition coefficient (Wildman–Crippen LogP) is 2.27. The average molecular weight is 314 g/mol. The lowest BCUT2D eigenvalue weighted by molar-refractivity contribution is -0.149. The van der Waals surface area contributed by atoms with Crippen LogP contribution in [0, 0.1) is 0 Å². The highest BCUT2D eigenvalue weighted by atomic mass is 16.6. The summed E-state index contributed by atoms with van der Waals surface area (Å²) >= 11 is 0. The van der Waals surface area contributed by atoms with Crippen LogP contribution in [0.2, 0.25) is 0 Å². The topological polar surface area (TPSA) is 59.1 Å². The van der Waals surface area contributed by atoms with Crippen molar-refractivity contribution in [3.8, 4) is 0 Å². The van der Waals surface area contributed by atoms with Crippen molar-refractivity contribution >= 4 is 12.1 Å². The van der Waals surface area contributed by atoms with Gasteiger partial charge in [0.15, 0.2) is 0 Å². The van der Waals surface area contributed by atoms with Crippen LogP contribution in [0.3, 0.4) is 0 Å². The summed E-state index contributed by atoms with van der Waals surface area (Å²) in [4.78, 5) is 28.0. The summed E-state index contributed by atoms with van der Waals surface area (Å²) in [5.74, 6) is -0.171. The highest BCUT2D eigenvalue weighted by Gasteiger charge is 2.29. The second-order valence-corrected chi connectivity index (χ2v) is 6.53. The van der Waals surface area contributed by atoms with Crippen molar-refractivity contribution in [1.29, 1.82) is 0 Å². The summed E-state index contributed by atoms with van der Waals surface area (Å²) < 4.78 is 10.6. The van der Waals surface area contributed by atoms with E-state index in [9.17, 15) is 9.59 Å². The van der Waals surface area contributed by atoms with Crippen molar-refractivity contribution in [3.63, 3.8) is 0 Å². The molecule has 1 amide bonds. The first-order valence-corrected chi connectivity index (χ1v) is 8.17. The van der Waals surface area contributed by atoms with Gasteiger partial charge in [-0.25, -0.2) is 4.79 Å². The molecule has 0 aliphatic carbocycles. The van der Waals surface area contributed by atoms with Gasteiger partial charge in [0, 0.05) is 26.2 Å². The first-order valence-electron chi connectivity index (χ1n) is 8.17. The van der Waals surface area contributed by atoms with Crippen molar-refractivity contribution < 1.29 is 19.1 Å². The number of carbonyl (C=O) groups is 2. The van der Waals surface area contributed by atoms with E-state index in [0.29, 0.717) is 32.7 Å². The first kappa shape index (κ1) is 18.7. The molecule has 1 heterocycles. The largest absolute Gasteiger partial charge is 0.465 e. The Hall–Kier alpha value is -1.30. The molecule has 0 N–H and O–H groups in total. The molecule has 6 nitrogen and oxygen atoms in total. The van der Waals surface area contributed by atoms with Crippen molar-refractivity contribution in [2.45, 2.75) is 59.1 Å². The first-order chi connectivity index (χ1) is 10.3. The molecule has 0 aromatic rings. The number of ether oxygens (including phenoxy) is 2. The zero-order chi connectivity index (χ0) is 16.8. The van der Waals surface area contributed by atoms with Gasteiger partial charge >= 0.3 is 12.1 Å². The number of rotatable bonds is 4. The van der Waals surface area contributed by atoms with E-state index in [4.69, 9.17) is 9.47 Å². The van der Waals surface area contributed by atoms with Crippen LogP contribution in [0.5, 0.6) is 0 Å². The molecule has 0 spiro atoms. The van der Waals surface area contributed by atoms with Gasteiger partial charge in [-0.15, -0.1) is 0 Å². The lowest BCUT2D eigenvalue weighted by Gasteiger charge is -2.28. The van der Waals surface area contributed by atoms with E-state index in [2.05, 4.69) is 4.90 Å². The SMILES string of the molecule is CCOC(=O)C(CC)N1CCCN(C(=O)OC(C)(C)C)CC1. The highest BCUT2D eigenvalue weighted by Crippen LogP contribution is 2.15. The van der Waals surface area contributed by atoms with Crippen LogP contribution in [0.15, 0.2) is 0 Å². The third kappa shape index (κ3) is 5.83. The van der Waals surface area contributed by atoms with Gasteiger partial charge in [0.2, 0.25) is 0 Å². The standard InChI is InChI=1S/C16H30N2O4/c1-6-13(14(19)21-7-2)17-9-8-10-18(12-11-17)15(20)22-16(3,4)5/h13H,6-12H2,1-5H3. The molecule has 1 aliphatic rings. The molecule has 1 saturated heterocycles. The van der Waals surface area contributed by atoms with Gasteiger partial charge < -0.3 is 14.4 Å². The van der Waals surface area contributed by atoms with E-state index >= 15 is 0 Å². The van der Waals surface area contributed by atoms with Gasteiger partial charge in [-0.1, -0.05) is 6.92 Å². The van der Waals surface area contributed by atoms with Gasteiger partial charge in [-0.2, -0.15) is 0 Å². The Kier molecular flexibility index (Phi) is 7.13. The Labute approximate surface area is 133 Å². The summed E-state index contributed by atoms with van der Waals surface area (Å²) in [7, 11) is 0. The summed E-state index contributed by atoms with van der Waals surface area (Å²) in [5.41, 5.74) is -0.486. The molecule has 1 rings (SSSR count). The molecule has 1 aliphatic heterocycles. The number of amides is 1. The van der Waals surface area contributed by atoms with Crippen LogP contribution in [0.25, 0.3) is 0 Å². The number of nitrogens with zero attached hydrogens (tertiary/aromatic N) is 2. The number of esters is 1. The quantitative estimate of drug-likeness (QED) is 0.745. The summed E-state index contributed by atoms with van der Waals surface area (Å²) in [6.07, 6.45) is 1.26. The van der Waals surface area contributed by atoms with Gasteiger partial charge in [0.25, 0.3) is 0 Å². The van der Waals surface area contributed by atoms with Crippen LogP contribution in [0.4, 0.5) is 4.79 Å². The Morgan fingerprint density at radius 1 is 1.09 bits per heavy atom. The Bertz CT molecular complexity index is 379. The van der Waals surface area contributed by atoms with Crippen LogP contribution < -0.4 is 0 Å². The third-order valence-corrected chi connectivity index (χ3v) is 3.57. The van der Waals surface area contributed by atoms with E-state index in [1.807, 2.05) is 34.6 Å². The Balaban J connectivity index is 2.61. The third-order valence-electron chi connectivity index (χ3n) is 3.57. The fraction of sp³-hybridized carbons (Fsp3) is 0.875. The minimum atomic E-state index is -0.486. The number of carbonyl (C=O) groups excluding carboxylic acids is 2. The van der Waals surface area contributed by atoms with E-state index in [-0.39, 0.29) is 18.1 Å². The minimum absolute atomic E-state index is 0.171. The minimum Gasteiger partial charge on any atom is -0.465 e. The van der Waals surface area contributed by atoms with E-state index in [0.717, 1.165) is 13.0 Å². The van der Waals surface area contributed by atoms with Crippen molar-refractivity contribution in [2.75, 3.05) is 32.8 Å². The van der Waals surface area contributed by atoms with Gasteiger partial charge in [-0.3, -0.25) is 9.69 Å². The van der Waals surface area contributed by atoms with Crippen molar-refractivity contribution in [3.05, 3.63) is 0 Å². The molecular weight excluding hydrogens is 284 g/mol. The Morgan fingerprint density at radius 3 is 2.32 bits per heavy atom.